The van der Waals surface area contributed by atoms with Crippen LogP contribution in [-0.4, -0.2) is 36.5 Å². The maximum atomic E-state index is 13.3. The SMILES string of the molecule is Cn1c(=O)c2ccc(C(=O)NC3CCCC3)cc2n2c(=O)n(CC(=O)c3ccc(Cl)cc3)nc12. The lowest BCUT2D eigenvalue weighted by atomic mass is 10.1. The molecule has 34 heavy (non-hydrogen) atoms. The molecule has 0 radical (unpaired) electrons. The number of nitrogens with zero attached hydrogens (tertiary/aromatic N) is 4. The fourth-order valence-corrected chi connectivity index (χ4v) is 4.57. The van der Waals surface area contributed by atoms with Gasteiger partial charge < -0.3 is 5.32 Å². The van der Waals surface area contributed by atoms with Crippen LogP contribution in [0.15, 0.2) is 52.1 Å². The molecule has 5 rings (SSSR count). The van der Waals surface area contributed by atoms with Crippen LogP contribution in [0.4, 0.5) is 0 Å². The van der Waals surface area contributed by atoms with Gasteiger partial charge in [0.15, 0.2) is 5.78 Å². The molecule has 10 heteroatoms. The first-order valence-electron chi connectivity index (χ1n) is 11.1. The molecule has 174 valence electrons. The van der Waals surface area contributed by atoms with Crippen molar-refractivity contribution >= 4 is 40.0 Å². The Labute approximate surface area is 198 Å². The monoisotopic (exact) mass is 479 g/mol. The van der Waals surface area contributed by atoms with E-state index < -0.39 is 5.69 Å². The van der Waals surface area contributed by atoms with Crippen LogP contribution in [0.3, 0.4) is 0 Å². The van der Waals surface area contributed by atoms with Gasteiger partial charge in [-0.05, 0) is 55.3 Å². The van der Waals surface area contributed by atoms with Gasteiger partial charge in [-0.2, -0.15) is 0 Å². The fraction of sp³-hybridized carbons (Fsp3) is 0.292. The zero-order valence-corrected chi connectivity index (χ0v) is 19.2. The molecule has 4 aromatic rings. The zero-order valence-electron chi connectivity index (χ0n) is 18.5. The molecule has 0 unspecified atom stereocenters. The van der Waals surface area contributed by atoms with Crippen LogP contribution >= 0.6 is 11.6 Å². The summed E-state index contributed by atoms with van der Waals surface area (Å²) in [6, 6.07) is 11.1. The molecule has 0 bridgehead atoms. The highest BCUT2D eigenvalue weighted by Gasteiger charge is 2.21. The van der Waals surface area contributed by atoms with E-state index in [1.54, 1.807) is 36.4 Å². The Morgan fingerprint density at radius 2 is 1.74 bits per heavy atom. The summed E-state index contributed by atoms with van der Waals surface area (Å²) >= 11 is 5.88. The number of carbonyl (C=O) groups is 2. The van der Waals surface area contributed by atoms with E-state index in [2.05, 4.69) is 10.4 Å². The van der Waals surface area contributed by atoms with Gasteiger partial charge in [-0.25, -0.2) is 13.9 Å². The molecule has 0 aliphatic heterocycles. The number of rotatable bonds is 5. The van der Waals surface area contributed by atoms with Crippen LogP contribution in [-0.2, 0) is 13.6 Å². The number of fused-ring (bicyclic) bond motifs is 3. The van der Waals surface area contributed by atoms with Gasteiger partial charge in [-0.15, -0.1) is 5.10 Å². The average molecular weight is 480 g/mol. The molecule has 0 atom stereocenters. The first-order chi connectivity index (χ1) is 16.3. The van der Waals surface area contributed by atoms with Gasteiger partial charge in [0, 0.05) is 29.2 Å². The highest BCUT2D eigenvalue weighted by atomic mass is 35.5. The van der Waals surface area contributed by atoms with Crippen molar-refractivity contribution in [3.63, 3.8) is 0 Å². The lowest BCUT2D eigenvalue weighted by Gasteiger charge is -2.12. The van der Waals surface area contributed by atoms with E-state index in [9.17, 15) is 19.2 Å². The topological polar surface area (TPSA) is 107 Å². The maximum Gasteiger partial charge on any atom is 0.352 e. The van der Waals surface area contributed by atoms with Gasteiger partial charge in [0.2, 0.25) is 5.78 Å². The molecule has 1 aliphatic rings. The molecular formula is C24H22ClN5O4. The van der Waals surface area contributed by atoms with E-state index in [0.717, 1.165) is 30.4 Å². The largest absolute Gasteiger partial charge is 0.352 e. The summed E-state index contributed by atoms with van der Waals surface area (Å²) in [7, 11) is 1.51. The molecule has 0 spiro atoms. The summed E-state index contributed by atoms with van der Waals surface area (Å²) in [5, 5.41) is 8.04. The second-order valence-electron chi connectivity index (χ2n) is 8.56. The first-order valence-corrected chi connectivity index (χ1v) is 11.4. The highest BCUT2D eigenvalue weighted by molar-refractivity contribution is 6.30. The van der Waals surface area contributed by atoms with Crippen LogP contribution in [0.2, 0.25) is 5.02 Å². The lowest BCUT2D eigenvalue weighted by Crippen LogP contribution is -2.32. The van der Waals surface area contributed by atoms with Gasteiger partial charge >= 0.3 is 5.69 Å². The molecule has 1 saturated carbocycles. The van der Waals surface area contributed by atoms with Gasteiger partial charge in [-0.3, -0.25) is 19.0 Å². The molecule has 0 saturated heterocycles. The number of carbonyl (C=O) groups excluding carboxylic acids is 2. The van der Waals surface area contributed by atoms with Crippen molar-refractivity contribution in [2.75, 3.05) is 0 Å². The average Bonchev–Trinajstić information content (AvgIpc) is 3.45. The van der Waals surface area contributed by atoms with Gasteiger partial charge in [0.05, 0.1) is 10.9 Å². The van der Waals surface area contributed by atoms with E-state index in [-0.39, 0.29) is 46.5 Å². The van der Waals surface area contributed by atoms with E-state index in [1.165, 1.54) is 22.1 Å². The molecular weight excluding hydrogens is 458 g/mol. The van der Waals surface area contributed by atoms with E-state index >= 15 is 0 Å². The van der Waals surface area contributed by atoms with Crippen molar-refractivity contribution < 1.29 is 9.59 Å². The molecule has 1 N–H and O–H groups in total. The van der Waals surface area contributed by atoms with Crippen molar-refractivity contribution in [3.05, 3.63) is 79.5 Å². The van der Waals surface area contributed by atoms with Crippen LogP contribution in [0.25, 0.3) is 16.7 Å². The van der Waals surface area contributed by atoms with Gasteiger partial charge in [-0.1, -0.05) is 24.4 Å². The minimum Gasteiger partial charge on any atom is -0.349 e. The number of ketones is 1. The van der Waals surface area contributed by atoms with Crippen LogP contribution in [0, 0.1) is 0 Å². The number of amides is 1. The summed E-state index contributed by atoms with van der Waals surface area (Å²) < 4.78 is 3.54. The molecule has 2 aromatic carbocycles. The third-order valence-electron chi connectivity index (χ3n) is 6.31. The third kappa shape index (κ3) is 3.81. The molecule has 1 amide bonds. The van der Waals surface area contributed by atoms with Gasteiger partial charge in [0.25, 0.3) is 11.5 Å². The quantitative estimate of drug-likeness (QED) is 0.443. The molecule has 9 nitrogen and oxygen atoms in total. The number of hydrogen-bond donors (Lipinski definition) is 1. The number of benzene rings is 2. The smallest absolute Gasteiger partial charge is 0.349 e. The predicted molar refractivity (Wildman–Crippen MR) is 128 cm³/mol. The Hall–Kier alpha value is -3.72. The summed E-state index contributed by atoms with van der Waals surface area (Å²) in [5.41, 5.74) is 0.0777. The Balaban J connectivity index is 1.59. The minimum absolute atomic E-state index is 0.0831. The third-order valence-corrected chi connectivity index (χ3v) is 6.56. The number of aromatic nitrogens is 4. The molecule has 2 heterocycles. The van der Waals surface area contributed by atoms with Crippen molar-refractivity contribution in [2.24, 2.45) is 7.05 Å². The number of nitrogens with one attached hydrogen (secondary N) is 1. The van der Waals surface area contributed by atoms with Crippen LogP contribution in [0.5, 0.6) is 0 Å². The Bertz CT molecular complexity index is 1560. The number of aryl methyl sites for hydroxylation is 1. The second-order valence-corrected chi connectivity index (χ2v) is 8.99. The van der Waals surface area contributed by atoms with Crippen LogP contribution in [0.1, 0.15) is 46.4 Å². The fourth-order valence-electron chi connectivity index (χ4n) is 4.44. The second kappa shape index (κ2) is 8.57. The van der Waals surface area contributed by atoms with E-state index in [0.29, 0.717) is 16.1 Å². The highest BCUT2D eigenvalue weighted by Crippen LogP contribution is 2.19. The number of Topliss-reactive ketones (excluding diaryl/α,β-unsaturated/α-hetero) is 1. The number of halogens is 1. The summed E-state index contributed by atoms with van der Waals surface area (Å²) in [6.45, 7) is -0.306. The van der Waals surface area contributed by atoms with Crippen molar-refractivity contribution in [2.45, 2.75) is 38.3 Å². The van der Waals surface area contributed by atoms with E-state index in [1.807, 2.05) is 0 Å². The minimum atomic E-state index is -0.578. The van der Waals surface area contributed by atoms with Crippen molar-refractivity contribution in [1.29, 1.82) is 0 Å². The standard InChI is InChI=1S/C24H22ClN5O4/c1-28-22(33)18-11-8-15(21(32)26-17-4-2-3-5-17)12-19(18)30-23(28)27-29(24(30)34)13-20(31)14-6-9-16(25)10-7-14/h6-12,17H,2-5,13H2,1H3,(H,26,32). The van der Waals surface area contributed by atoms with Crippen LogP contribution < -0.4 is 16.6 Å². The molecule has 2 aromatic heterocycles. The molecule has 1 fully saturated rings. The predicted octanol–water partition coefficient (Wildman–Crippen LogP) is 2.56. The Morgan fingerprint density at radius 3 is 2.44 bits per heavy atom. The number of hydrogen-bond acceptors (Lipinski definition) is 5. The Kier molecular flexibility index (Phi) is 5.57. The van der Waals surface area contributed by atoms with Crippen molar-refractivity contribution in [1.82, 2.24) is 24.1 Å². The van der Waals surface area contributed by atoms with Gasteiger partial charge in [0.1, 0.15) is 6.54 Å². The van der Waals surface area contributed by atoms with Crippen molar-refractivity contribution in [3.8, 4) is 0 Å². The maximum absolute atomic E-state index is 13.3. The normalized spacial score (nSPS) is 14.2. The Morgan fingerprint density at radius 1 is 1.06 bits per heavy atom. The molecule has 1 aliphatic carbocycles. The first kappa shape index (κ1) is 22.1. The zero-order chi connectivity index (χ0) is 24.0. The summed E-state index contributed by atoms with van der Waals surface area (Å²) in [5.74, 6) is -0.492. The van der Waals surface area contributed by atoms with E-state index in [4.69, 9.17) is 11.6 Å². The lowest BCUT2D eigenvalue weighted by molar-refractivity contribution is 0.0936. The summed E-state index contributed by atoms with van der Waals surface area (Å²) in [6.07, 6.45) is 4.06. The summed E-state index contributed by atoms with van der Waals surface area (Å²) in [4.78, 5) is 51.7.